The largest absolute Gasteiger partial charge is 0.480 e. The summed E-state index contributed by atoms with van der Waals surface area (Å²) in [5.41, 5.74) is 4.26. The van der Waals surface area contributed by atoms with Crippen molar-refractivity contribution >= 4 is 35.0 Å². The predicted molar refractivity (Wildman–Crippen MR) is 119 cm³/mol. The van der Waals surface area contributed by atoms with E-state index in [-0.39, 0.29) is 0 Å². The highest BCUT2D eigenvalue weighted by Crippen LogP contribution is 2.34. The van der Waals surface area contributed by atoms with Crippen LogP contribution in [0, 0.1) is 6.92 Å². The van der Waals surface area contributed by atoms with Crippen LogP contribution in [0.1, 0.15) is 25.1 Å². The number of hydrogen-bond donors (Lipinski definition) is 1. The summed E-state index contributed by atoms with van der Waals surface area (Å²) in [6.07, 6.45) is 4.42. The minimum atomic E-state index is -0.890. The van der Waals surface area contributed by atoms with Gasteiger partial charge in [0.05, 0.1) is 5.69 Å². The molecule has 152 valence electrons. The number of carboxylic acid groups (broad SMARTS) is 1. The minimum Gasteiger partial charge on any atom is -0.480 e. The highest BCUT2D eigenvalue weighted by atomic mass is 32.2. The number of aromatic nitrogens is 3. The predicted octanol–water partition coefficient (Wildman–Crippen LogP) is 4.54. The molecule has 0 aliphatic rings. The zero-order chi connectivity index (χ0) is 21.0. The van der Waals surface area contributed by atoms with Gasteiger partial charge in [-0.1, -0.05) is 41.6 Å². The van der Waals surface area contributed by atoms with E-state index in [1.807, 2.05) is 29.7 Å². The molecule has 0 saturated heterocycles. The van der Waals surface area contributed by atoms with Crippen LogP contribution in [-0.4, -0.2) is 44.4 Å². The molecule has 1 aromatic carbocycles. The summed E-state index contributed by atoms with van der Waals surface area (Å²) in [7, 11) is 1.95. The van der Waals surface area contributed by atoms with Crippen LogP contribution in [0.2, 0.25) is 0 Å². The van der Waals surface area contributed by atoms with Crippen molar-refractivity contribution in [2.45, 2.75) is 36.3 Å². The quantitative estimate of drug-likeness (QED) is 0.528. The molecule has 0 radical (unpaired) electrons. The maximum Gasteiger partial charge on any atom is 0.319 e. The summed E-state index contributed by atoms with van der Waals surface area (Å²) in [5, 5.41) is 11.2. The fraction of sp³-hybridized carbons (Fsp3) is 0.333. The Balaban J connectivity index is 1.57. The molecule has 1 N–H and O–H groups in total. The zero-order valence-corrected chi connectivity index (χ0v) is 18.5. The summed E-state index contributed by atoms with van der Waals surface area (Å²) >= 11 is 2.76. The molecular formula is C21H24N4O2S2. The van der Waals surface area contributed by atoms with E-state index < -0.39 is 10.7 Å². The third-order valence-electron chi connectivity index (χ3n) is 4.46. The molecule has 0 amide bonds. The van der Waals surface area contributed by atoms with Crippen LogP contribution in [0.4, 0.5) is 5.95 Å². The van der Waals surface area contributed by atoms with Crippen molar-refractivity contribution in [3.05, 3.63) is 53.3 Å². The van der Waals surface area contributed by atoms with Gasteiger partial charge >= 0.3 is 5.97 Å². The van der Waals surface area contributed by atoms with Gasteiger partial charge in [0, 0.05) is 43.4 Å². The van der Waals surface area contributed by atoms with Crippen LogP contribution in [0.3, 0.4) is 0 Å². The average Bonchev–Trinajstić information content (AvgIpc) is 3.13. The van der Waals surface area contributed by atoms with Crippen LogP contribution < -0.4 is 4.90 Å². The first-order chi connectivity index (χ1) is 13.7. The number of likely N-dealkylation sites (N-methyl/N-ethyl adjacent to an activating group) is 1. The topological polar surface area (TPSA) is 79.2 Å². The SMILES string of the molecule is Cc1ccc(-c2cnc(N(C)CCc3csc(SC(C)(C)C(=O)O)n3)nc2)cc1. The van der Waals surface area contributed by atoms with Crippen LogP contribution in [0.15, 0.2) is 46.4 Å². The van der Waals surface area contributed by atoms with Crippen LogP contribution in [0.25, 0.3) is 11.1 Å². The van der Waals surface area contributed by atoms with Gasteiger partial charge in [-0.2, -0.15) is 0 Å². The van der Waals surface area contributed by atoms with Gasteiger partial charge < -0.3 is 10.0 Å². The molecule has 0 aliphatic heterocycles. The Hall–Kier alpha value is -2.45. The van der Waals surface area contributed by atoms with Gasteiger partial charge in [-0.25, -0.2) is 15.0 Å². The third-order valence-corrected chi connectivity index (χ3v) is 6.63. The lowest BCUT2D eigenvalue weighted by Gasteiger charge is -2.17. The molecule has 3 rings (SSSR count). The van der Waals surface area contributed by atoms with Crippen molar-refractivity contribution in [2.24, 2.45) is 0 Å². The molecule has 0 unspecified atom stereocenters. The molecule has 3 aromatic rings. The average molecular weight is 429 g/mol. The first-order valence-corrected chi connectivity index (χ1v) is 10.9. The zero-order valence-electron chi connectivity index (χ0n) is 16.9. The molecule has 2 heterocycles. The normalized spacial score (nSPS) is 11.4. The van der Waals surface area contributed by atoms with Gasteiger partial charge in [-0.05, 0) is 26.3 Å². The lowest BCUT2D eigenvalue weighted by Crippen LogP contribution is -2.26. The van der Waals surface area contributed by atoms with Crippen molar-refractivity contribution in [2.75, 3.05) is 18.5 Å². The monoisotopic (exact) mass is 428 g/mol. The number of carbonyl (C=O) groups is 1. The van der Waals surface area contributed by atoms with E-state index in [2.05, 4.69) is 46.1 Å². The van der Waals surface area contributed by atoms with Crippen molar-refractivity contribution in [3.63, 3.8) is 0 Å². The van der Waals surface area contributed by atoms with E-state index in [1.54, 1.807) is 13.8 Å². The Morgan fingerprint density at radius 2 is 1.83 bits per heavy atom. The van der Waals surface area contributed by atoms with Crippen LogP contribution in [-0.2, 0) is 11.2 Å². The smallest absolute Gasteiger partial charge is 0.319 e. The van der Waals surface area contributed by atoms with E-state index >= 15 is 0 Å². The summed E-state index contributed by atoms with van der Waals surface area (Å²) < 4.78 is -0.118. The fourth-order valence-electron chi connectivity index (χ4n) is 2.51. The molecule has 0 bridgehead atoms. The number of benzene rings is 1. The van der Waals surface area contributed by atoms with E-state index in [4.69, 9.17) is 0 Å². The maximum atomic E-state index is 11.3. The Morgan fingerprint density at radius 3 is 2.45 bits per heavy atom. The molecule has 29 heavy (non-hydrogen) atoms. The van der Waals surface area contributed by atoms with Gasteiger partial charge in [-0.15, -0.1) is 11.3 Å². The standard InChI is InChI=1S/C21H24N4O2S2/c1-14-5-7-15(8-6-14)16-11-22-19(23-12-16)25(4)10-9-17-13-28-20(24-17)29-21(2,3)18(26)27/h5-8,11-13H,9-10H2,1-4H3,(H,26,27). The van der Waals surface area contributed by atoms with E-state index in [0.29, 0.717) is 5.95 Å². The second-order valence-electron chi connectivity index (χ2n) is 7.33. The molecule has 0 fully saturated rings. The highest BCUT2D eigenvalue weighted by molar-refractivity contribution is 8.02. The molecule has 0 spiro atoms. The second-order valence-corrected chi connectivity index (χ2v) is 10.1. The molecule has 0 aliphatic carbocycles. The highest BCUT2D eigenvalue weighted by Gasteiger charge is 2.29. The van der Waals surface area contributed by atoms with Gasteiger partial charge in [0.1, 0.15) is 4.75 Å². The lowest BCUT2D eigenvalue weighted by molar-refractivity contribution is -0.138. The number of anilines is 1. The Labute approximate surface area is 179 Å². The Bertz CT molecular complexity index is 969. The van der Waals surface area contributed by atoms with Crippen molar-refractivity contribution in [1.29, 1.82) is 0 Å². The molecule has 0 atom stereocenters. The Morgan fingerprint density at radius 1 is 1.17 bits per heavy atom. The van der Waals surface area contributed by atoms with E-state index in [1.165, 1.54) is 28.7 Å². The van der Waals surface area contributed by atoms with Gasteiger partial charge in [0.2, 0.25) is 5.95 Å². The van der Waals surface area contributed by atoms with Crippen LogP contribution >= 0.6 is 23.1 Å². The van der Waals surface area contributed by atoms with Crippen molar-refractivity contribution in [3.8, 4) is 11.1 Å². The lowest BCUT2D eigenvalue weighted by atomic mass is 10.1. The molecule has 0 saturated carbocycles. The first kappa shape index (κ1) is 21.3. The molecule has 6 nitrogen and oxygen atoms in total. The number of aryl methyl sites for hydroxylation is 1. The van der Waals surface area contributed by atoms with E-state index in [9.17, 15) is 9.90 Å². The van der Waals surface area contributed by atoms with Gasteiger partial charge in [0.15, 0.2) is 4.34 Å². The second kappa shape index (κ2) is 8.92. The molecule has 8 heteroatoms. The van der Waals surface area contributed by atoms with E-state index in [0.717, 1.165) is 34.1 Å². The number of rotatable bonds is 8. The molecule has 2 aromatic heterocycles. The third kappa shape index (κ3) is 5.55. The molecular weight excluding hydrogens is 404 g/mol. The maximum absolute atomic E-state index is 11.3. The summed E-state index contributed by atoms with van der Waals surface area (Å²) in [5.74, 6) is -0.178. The number of thioether (sulfide) groups is 1. The summed E-state index contributed by atoms with van der Waals surface area (Å²) in [4.78, 5) is 26.8. The minimum absolute atomic E-state index is 0.665. The Kier molecular flexibility index (Phi) is 6.54. The summed E-state index contributed by atoms with van der Waals surface area (Å²) in [6.45, 7) is 6.16. The van der Waals surface area contributed by atoms with Crippen molar-refractivity contribution < 1.29 is 9.90 Å². The number of hydrogen-bond acceptors (Lipinski definition) is 7. The van der Waals surface area contributed by atoms with Crippen LogP contribution in [0.5, 0.6) is 0 Å². The fourth-order valence-corrected chi connectivity index (χ4v) is 4.73. The number of carboxylic acids is 1. The van der Waals surface area contributed by atoms with Gasteiger partial charge in [0.25, 0.3) is 0 Å². The number of aliphatic carboxylic acids is 1. The van der Waals surface area contributed by atoms with Gasteiger partial charge in [-0.3, -0.25) is 4.79 Å². The number of nitrogens with zero attached hydrogens (tertiary/aromatic N) is 4. The first-order valence-electron chi connectivity index (χ1n) is 9.21. The summed E-state index contributed by atoms with van der Waals surface area (Å²) in [6, 6.07) is 8.29. The number of thiazole rings is 1. The van der Waals surface area contributed by atoms with Crippen molar-refractivity contribution in [1.82, 2.24) is 15.0 Å².